The fraction of sp³-hybridized carbons (Fsp3) is 0.167. The monoisotopic (exact) mass is 293 g/mol. The third-order valence-electron chi connectivity index (χ3n) is 2.72. The predicted molar refractivity (Wildman–Crippen MR) is 74.7 cm³/mol. The van der Waals surface area contributed by atoms with Gasteiger partial charge in [0.1, 0.15) is 0 Å². The summed E-state index contributed by atoms with van der Waals surface area (Å²) in [7, 11) is -4.02. The third kappa shape index (κ3) is 3.03. The van der Waals surface area contributed by atoms with E-state index in [2.05, 4.69) is 16.8 Å². The molecule has 0 fully saturated rings. The van der Waals surface area contributed by atoms with Crippen LogP contribution in [0.2, 0.25) is 0 Å². The molecule has 0 aliphatic rings. The van der Waals surface area contributed by atoms with Gasteiger partial charge in [-0.1, -0.05) is 30.9 Å². The van der Waals surface area contributed by atoms with E-state index >= 15 is 0 Å². The predicted octanol–water partition coefficient (Wildman–Crippen LogP) is 2.98. The SMILES string of the molecule is C=CC(=CC)c1cccc(S(N)(=O)=O)c1C(N=N)N=N. The van der Waals surface area contributed by atoms with Crippen LogP contribution in [0.1, 0.15) is 24.2 Å². The van der Waals surface area contributed by atoms with Gasteiger partial charge in [0.2, 0.25) is 16.2 Å². The minimum Gasteiger partial charge on any atom is -0.225 e. The van der Waals surface area contributed by atoms with Crippen LogP contribution in [0, 0.1) is 11.1 Å². The zero-order chi connectivity index (χ0) is 15.3. The molecule has 1 aromatic rings. The molecular formula is C12H15N5O2S. The molecule has 0 heterocycles. The molecule has 0 spiro atoms. The van der Waals surface area contributed by atoms with Gasteiger partial charge in [0.05, 0.1) is 4.90 Å². The van der Waals surface area contributed by atoms with E-state index in [9.17, 15) is 8.42 Å². The lowest BCUT2D eigenvalue weighted by Gasteiger charge is -2.15. The maximum atomic E-state index is 11.7. The second-order valence-electron chi connectivity index (χ2n) is 3.84. The van der Waals surface area contributed by atoms with E-state index in [0.29, 0.717) is 11.1 Å². The number of allylic oxidation sites excluding steroid dienone is 3. The number of rotatable bonds is 6. The lowest BCUT2D eigenvalue weighted by Crippen LogP contribution is -2.16. The van der Waals surface area contributed by atoms with Gasteiger partial charge in [-0.05, 0) is 24.1 Å². The summed E-state index contributed by atoms with van der Waals surface area (Å²) < 4.78 is 23.3. The fourth-order valence-corrected chi connectivity index (χ4v) is 2.64. The Morgan fingerprint density at radius 2 is 2.00 bits per heavy atom. The lowest BCUT2D eigenvalue weighted by atomic mass is 9.98. The van der Waals surface area contributed by atoms with Crippen molar-refractivity contribution in [2.45, 2.75) is 18.0 Å². The van der Waals surface area contributed by atoms with Crippen molar-refractivity contribution in [3.63, 3.8) is 0 Å². The third-order valence-corrected chi connectivity index (χ3v) is 3.69. The van der Waals surface area contributed by atoms with Crippen molar-refractivity contribution < 1.29 is 8.42 Å². The normalized spacial score (nSPS) is 13.6. The summed E-state index contributed by atoms with van der Waals surface area (Å²) in [5, 5.41) is 11.5. The molecule has 1 aromatic carbocycles. The van der Waals surface area contributed by atoms with Gasteiger partial charge < -0.3 is 0 Å². The van der Waals surface area contributed by atoms with Gasteiger partial charge in [-0.25, -0.2) is 24.6 Å². The van der Waals surface area contributed by atoms with Crippen molar-refractivity contribution in [3.8, 4) is 0 Å². The van der Waals surface area contributed by atoms with Crippen molar-refractivity contribution >= 4 is 15.6 Å². The standard InChI is InChI=1S/C12H15N5O2S/c1-3-8(4-2)9-6-5-7-10(20(15,18)19)11(9)12(16-13)17-14/h3-7,12-14H,1H2,2H3,(H2,15,18,19). The van der Waals surface area contributed by atoms with Crippen LogP contribution in [0.25, 0.3) is 5.57 Å². The van der Waals surface area contributed by atoms with Gasteiger partial charge in [0.15, 0.2) is 0 Å². The largest absolute Gasteiger partial charge is 0.238 e. The minimum atomic E-state index is -4.02. The van der Waals surface area contributed by atoms with Crippen LogP contribution in [-0.2, 0) is 10.0 Å². The molecule has 0 atom stereocenters. The van der Waals surface area contributed by atoms with E-state index in [0.717, 1.165) is 0 Å². The number of hydrogen-bond acceptors (Lipinski definition) is 6. The van der Waals surface area contributed by atoms with Crippen LogP contribution < -0.4 is 5.14 Å². The quantitative estimate of drug-likeness (QED) is 0.549. The number of hydrogen-bond donors (Lipinski definition) is 3. The molecule has 0 saturated heterocycles. The molecule has 0 amide bonds. The highest BCUT2D eigenvalue weighted by Crippen LogP contribution is 2.33. The maximum absolute atomic E-state index is 11.7. The van der Waals surface area contributed by atoms with E-state index < -0.39 is 16.2 Å². The van der Waals surface area contributed by atoms with E-state index in [1.54, 1.807) is 19.1 Å². The van der Waals surface area contributed by atoms with Gasteiger partial charge >= 0.3 is 0 Å². The molecule has 0 radical (unpaired) electrons. The van der Waals surface area contributed by atoms with Crippen LogP contribution in [0.15, 0.2) is 52.1 Å². The second-order valence-corrected chi connectivity index (χ2v) is 5.37. The van der Waals surface area contributed by atoms with Crippen LogP contribution in [0.5, 0.6) is 0 Å². The Kier molecular flexibility index (Phi) is 5.00. The number of benzene rings is 1. The first-order valence-corrected chi connectivity index (χ1v) is 7.13. The highest BCUT2D eigenvalue weighted by Gasteiger charge is 2.24. The lowest BCUT2D eigenvalue weighted by molar-refractivity contribution is 0.588. The zero-order valence-electron chi connectivity index (χ0n) is 10.9. The smallest absolute Gasteiger partial charge is 0.225 e. The fourth-order valence-electron chi connectivity index (χ4n) is 1.85. The first-order chi connectivity index (χ1) is 9.40. The summed E-state index contributed by atoms with van der Waals surface area (Å²) in [6.45, 7) is 5.41. The number of nitrogens with two attached hydrogens (primary N) is 1. The van der Waals surface area contributed by atoms with Crippen molar-refractivity contribution in [2.75, 3.05) is 0 Å². The molecule has 0 bridgehead atoms. The van der Waals surface area contributed by atoms with E-state index in [4.69, 9.17) is 16.2 Å². The number of primary sulfonamides is 1. The first kappa shape index (κ1) is 15.9. The van der Waals surface area contributed by atoms with E-state index in [-0.39, 0.29) is 10.5 Å². The zero-order valence-corrected chi connectivity index (χ0v) is 11.7. The first-order valence-electron chi connectivity index (χ1n) is 5.58. The molecular weight excluding hydrogens is 278 g/mol. The Morgan fingerprint density at radius 3 is 2.40 bits per heavy atom. The summed E-state index contributed by atoms with van der Waals surface area (Å²) >= 11 is 0. The van der Waals surface area contributed by atoms with Crippen LogP contribution >= 0.6 is 0 Å². The van der Waals surface area contributed by atoms with Crippen molar-refractivity contribution in [2.24, 2.45) is 15.4 Å². The average molecular weight is 293 g/mol. The molecule has 0 aliphatic heterocycles. The van der Waals surface area contributed by atoms with E-state index in [1.807, 2.05) is 0 Å². The van der Waals surface area contributed by atoms with Crippen molar-refractivity contribution in [1.82, 2.24) is 0 Å². The topological polar surface area (TPSA) is 133 Å². The summed E-state index contributed by atoms with van der Waals surface area (Å²) in [6, 6.07) is 4.47. The van der Waals surface area contributed by atoms with Crippen LogP contribution in [0.3, 0.4) is 0 Å². The van der Waals surface area contributed by atoms with Crippen LogP contribution in [-0.4, -0.2) is 8.42 Å². The van der Waals surface area contributed by atoms with Gasteiger partial charge in [0.25, 0.3) is 0 Å². The van der Waals surface area contributed by atoms with Gasteiger partial charge in [-0.2, -0.15) is 10.2 Å². The number of nitrogens with zero attached hydrogens (tertiary/aromatic N) is 2. The molecule has 0 aliphatic carbocycles. The maximum Gasteiger partial charge on any atom is 0.238 e. The van der Waals surface area contributed by atoms with E-state index in [1.165, 1.54) is 18.2 Å². The van der Waals surface area contributed by atoms with Gasteiger partial charge in [-0.15, -0.1) is 0 Å². The molecule has 1 rings (SSSR count). The highest BCUT2D eigenvalue weighted by atomic mass is 32.2. The molecule has 7 nitrogen and oxygen atoms in total. The molecule has 0 unspecified atom stereocenters. The Balaban J connectivity index is 3.83. The summed E-state index contributed by atoms with van der Waals surface area (Å²) in [4.78, 5) is -0.201. The van der Waals surface area contributed by atoms with Crippen molar-refractivity contribution in [1.29, 1.82) is 11.1 Å². The number of sulfonamides is 1. The van der Waals surface area contributed by atoms with Crippen molar-refractivity contribution in [3.05, 3.63) is 48.1 Å². The Labute approximate surface area is 117 Å². The van der Waals surface area contributed by atoms with Crippen LogP contribution in [0.4, 0.5) is 0 Å². The molecule has 0 saturated carbocycles. The minimum absolute atomic E-state index is 0.105. The molecule has 8 heteroatoms. The summed E-state index contributed by atoms with van der Waals surface area (Å²) in [6.07, 6.45) is 2.01. The average Bonchev–Trinajstić information content (AvgIpc) is 2.41. The summed E-state index contributed by atoms with van der Waals surface area (Å²) in [5.41, 5.74) is 15.4. The molecule has 106 valence electrons. The summed E-state index contributed by atoms with van der Waals surface area (Å²) in [5.74, 6) is 0. The van der Waals surface area contributed by atoms with Gasteiger partial charge in [0, 0.05) is 5.56 Å². The second kappa shape index (κ2) is 6.31. The molecule has 0 aromatic heterocycles. The van der Waals surface area contributed by atoms with Gasteiger partial charge in [-0.3, -0.25) is 0 Å². The Bertz CT molecular complexity index is 671. The number of nitrogens with one attached hydrogen (secondary N) is 2. The molecule has 4 N–H and O–H groups in total. The Morgan fingerprint density at radius 1 is 1.40 bits per heavy atom. The highest BCUT2D eigenvalue weighted by molar-refractivity contribution is 7.89. The Hall–Kier alpha value is -2.19. The molecule has 20 heavy (non-hydrogen) atoms.